The Hall–Kier alpha value is -2.93. The Morgan fingerprint density at radius 1 is 1.12 bits per heavy atom. The van der Waals surface area contributed by atoms with Gasteiger partial charge >= 0.3 is 0 Å². The largest absolute Gasteiger partial charge is 0.361 e. The molecule has 0 radical (unpaired) electrons. The molecule has 0 aliphatic rings. The van der Waals surface area contributed by atoms with Gasteiger partial charge in [0.05, 0.1) is 16.1 Å². The number of rotatable bonds is 4. The maximum Gasteiger partial charge on any atom is 0.170 e. The molecule has 0 saturated heterocycles. The van der Waals surface area contributed by atoms with Crippen LogP contribution in [0.5, 0.6) is 0 Å². The number of aryl methyl sites for hydroxylation is 2. The molecule has 2 aromatic carbocycles. The smallest absolute Gasteiger partial charge is 0.170 e. The number of nitrogens with one attached hydrogen (secondary N) is 1. The van der Waals surface area contributed by atoms with Gasteiger partial charge in [-0.3, -0.25) is 0 Å². The second kappa shape index (κ2) is 6.42. The molecule has 0 amide bonds. The van der Waals surface area contributed by atoms with Crippen LogP contribution in [0.25, 0.3) is 22.2 Å². The molecule has 6 nitrogen and oxygen atoms in total. The number of aromatic nitrogens is 3. The predicted molar refractivity (Wildman–Crippen MR) is 98.9 cm³/mol. The van der Waals surface area contributed by atoms with Crippen LogP contribution >= 0.6 is 0 Å². The molecular weight excluding hydrogens is 350 g/mol. The summed E-state index contributed by atoms with van der Waals surface area (Å²) in [6.07, 6.45) is 0.602. The van der Waals surface area contributed by atoms with Gasteiger partial charge in [0.1, 0.15) is 17.1 Å². The highest BCUT2D eigenvalue weighted by Crippen LogP contribution is 2.32. The van der Waals surface area contributed by atoms with Gasteiger partial charge in [0.25, 0.3) is 0 Å². The van der Waals surface area contributed by atoms with E-state index in [0.29, 0.717) is 23.2 Å². The molecule has 4 rings (SSSR count). The molecule has 0 saturated carbocycles. The minimum absolute atomic E-state index is 0.197. The Morgan fingerprint density at radius 2 is 1.88 bits per heavy atom. The van der Waals surface area contributed by atoms with E-state index in [9.17, 15) is 8.42 Å². The number of benzene rings is 2. The van der Waals surface area contributed by atoms with Crippen LogP contribution in [0.4, 0.5) is 0 Å². The molecule has 26 heavy (non-hydrogen) atoms. The summed E-state index contributed by atoms with van der Waals surface area (Å²) in [5.41, 5.74) is 4.52. The first kappa shape index (κ1) is 16.5. The SMILES string of the molecule is Cc1noc(C)c1-c1cc([SH](=O)=O)c2nc(Cc3ccccc3)[nH]c2c1. The minimum Gasteiger partial charge on any atom is -0.361 e. The predicted octanol–water partition coefficient (Wildman–Crippen LogP) is 3.40. The molecule has 4 aromatic rings. The van der Waals surface area contributed by atoms with E-state index in [-0.39, 0.29) is 4.90 Å². The van der Waals surface area contributed by atoms with Crippen molar-refractivity contribution in [1.82, 2.24) is 15.1 Å². The van der Waals surface area contributed by atoms with Crippen LogP contribution in [-0.2, 0) is 17.1 Å². The summed E-state index contributed by atoms with van der Waals surface area (Å²) in [7, 11) is -2.79. The van der Waals surface area contributed by atoms with Gasteiger partial charge in [-0.2, -0.15) is 0 Å². The Balaban J connectivity index is 1.87. The fourth-order valence-corrected chi connectivity index (χ4v) is 3.79. The molecule has 0 unspecified atom stereocenters. The lowest BCUT2D eigenvalue weighted by molar-refractivity contribution is 0.393. The number of H-pyrrole nitrogens is 1. The highest BCUT2D eigenvalue weighted by atomic mass is 32.2. The molecule has 0 fully saturated rings. The number of nitrogens with zero attached hydrogens (tertiary/aromatic N) is 2. The highest BCUT2D eigenvalue weighted by Gasteiger charge is 2.17. The van der Waals surface area contributed by atoms with Crippen molar-refractivity contribution in [2.45, 2.75) is 25.2 Å². The maximum absolute atomic E-state index is 11.8. The van der Waals surface area contributed by atoms with Crippen LogP contribution in [0.3, 0.4) is 0 Å². The van der Waals surface area contributed by atoms with E-state index in [1.165, 1.54) is 0 Å². The summed E-state index contributed by atoms with van der Waals surface area (Å²) in [6.45, 7) is 3.64. The third-order valence-corrected chi connectivity index (χ3v) is 5.08. The zero-order chi connectivity index (χ0) is 18.3. The molecule has 0 spiro atoms. The first-order valence-electron chi connectivity index (χ1n) is 8.17. The molecule has 0 bridgehead atoms. The second-order valence-electron chi connectivity index (χ2n) is 6.19. The molecular formula is C19H17N3O3S. The van der Waals surface area contributed by atoms with Crippen molar-refractivity contribution in [3.05, 3.63) is 65.3 Å². The van der Waals surface area contributed by atoms with Crippen molar-refractivity contribution in [2.24, 2.45) is 0 Å². The monoisotopic (exact) mass is 367 g/mol. The summed E-state index contributed by atoms with van der Waals surface area (Å²) in [5, 5.41) is 3.96. The number of hydrogen-bond acceptors (Lipinski definition) is 5. The molecule has 2 heterocycles. The van der Waals surface area contributed by atoms with E-state index in [1.54, 1.807) is 6.07 Å². The first-order valence-corrected chi connectivity index (χ1v) is 9.35. The number of hydrogen-bond donors (Lipinski definition) is 2. The van der Waals surface area contributed by atoms with Crippen molar-refractivity contribution < 1.29 is 12.9 Å². The van der Waals surface area contributed by atoms with E-state index in [4.69, 9.17) is 4.52 Å². The quantitative estimate of drug-likeness (QED) is 0.540. The van der Waals surface area contributed by atoms with Gasteiger partial charge in [-0.1, -0.05) is 35.5 Å². The topological polar surface area (TPSA) is 88.8 Å². The third kappa shape index (κ3) is 2.90. The zero-order valence-electron chi connectivity index (χ0n) is 14.3. The van der Waals surface area contributed by atoms with Gasteiger partial charge in [0, 0.05) is 12.0 Å². The van der Waals surface area contributed by atoms with E-state index in [2.05, 4.69) is 15.1 Å². The van der Waals surface area contributed by atoms with Crippen molar-refractivity contribution in [3.8, 4) is 11.1 Å². The average Bonchev–Trinajstić information content (AvgIpc) is 3.17. The number of aromatic amines is 1. The molecule has 2 aromatic heterocycles. The Morgan fingerprint density at radius 3 is 2.54 bits per heavy atom. The van der Waals surface area contributed by atoms with Crippen LogP contribution in [0.15, 0.2) is 51.9 Å². The van der Waals surface area contributed by atoms with Crippen molar-refractivity contribution in [2.75, 3.05) is 0 Å². The van der Waals surface area contributed by atoms with Gasteiger partial charge in [-0.05, 0) is 37.1 Å². The first-order chi connectivity index (χ1) is 12.5. The van der Waals surface area contributed by atoms with Crippen molar-refractivity contribution in [1.29, 1.82) is 0 Å². The van der Waals surface area contributed by atoms with E-state index in [1.807, 2.05) is 50.2 Å². The minimum atomic E-state index is -2.79. The Labute approximate surface area is 151 Å². The summed E-state index contributed by atoms with van der Waals surface area (Å²) in [6, 6.07) is 13.4. The Bertz CT molecular complexity index is 1150. The Kier molecular flexibility index (Phi) is 4.08. The molecule has 1 N–H and O–H groups in total. The van der Waals surface area contributed by atoms with E-state index in [0.717, 1.165) is 28.2 Å². The van der Waals surface area contributed by atoms with Crippen LogP contribution in [-0.4, -0.2) is 23.5 Å². The van der Waals surface area contributed by atoms with E-state index >= 15 is 0 Å². The number of thiol groups is 1. The lowest BCUT2D eigenvalue weighted by atomic mass is 10.0. The van der Waals surface area contributed by atoms with Gasteiger partial charge in [0.15, 0.2) is 10.7 Å². The standard InChI is InChI=1S/C19H17N3O3S/c1-11-18(12(2)25-22-11)14-9-15-19(16(10-14)26(23)24)21-17(20-15)8-13-6-4-3-5-7-13/h3-7,9-10,26H,8H2,1-2H3,(H,20,21). The van der Waals surface area contributed by atoms with Gasteiger partial charge in [-0.15, -0.1) is 0 Å². The van der Waals surface area contributed by atoms with E-state index < -0.39 is 10.7 Å². The summed E-state index contributed by atoms with van der Waals surface area (Å²) in [4.78, 5) is 7.97. The van der Waals surface area contributed by atoms with Gasteiger partial charge in [-0.25, -0.2) is 13.4 Å². The summed E-state index contributed by atoms with van der Waals surface area (Å²) >= 11 is 0. The molecule has 0 aliphatic heterocycles. The number of imidazole rings is 1. The normalized spacial score (nSPS) is 11.5. The summed E-state index contributed by atoms with van der Waals surface area (Å²) in [5.74, 6) is 1.37. The van der Waals surface area contributed by atoms with Gasteiger partial charge < -0.3 is 9.51 Å². The lowest BCUT2D eigenvalue weighted by Gasteiger charge is -2.02. The average molecular weight is 367 g/mol. The molecule has 0 aliphatic carbocycles. The zero-order valence-corrected chi connectivity index (χ0v) is 15.2. The fourth-order valence-electron chi connectivity index (χ4n) is 3.20. The third-order valence-electron chi connectivity index (χ3n) is 4.35. The van der Waals surface area contributed by atoms with Crippen molar-refractivity contribution in [3.63, 3.8) is 0 Å². The van der Waals surface area contributed by atoms with Crippen LogP contribution in [0.1, 0.15) is 22.8 Å². The van der Waals surface area contributed by atoms with Crippen LogP contribution in [0, 0.1) is 13.8 Å². The highest BCUT2D eigenvalue weighted by molar-refractivity contribution is 7.72. The summed E-state index contributed by atoms with van der Waals surface area (Å²) < 4.78 is 28.9. The van der Waals surface area contributed by atoms with Crippen molar-refractivity contribution >= 4 is 21.7 Å². The molecule has 132 valence electrons. The maximum atomic E-state index is 11.8. The van der Waals surface area contributed by atoms with Crippen LogP contribution in [0.2, 0.25) is 0 Å². The fraction of sp³-hybridized carbons (Fsp3) is 0.158. The van der Waals surface area contributed by atoms with Gasteiger partial charge in [0.2, 0.25) is 0 Å². The van der Waals surface area contributed by atoms with Crippen LogP contribution < -0.4 is 0 Å². The number of fused-ring (bicyclic) bond motifs is 1. The molecule has 0 atom stereocenters. The second-order valence-corrected chi connectivity index (χ2v) is 7.19. The lowest BCUT2D eigenvalue weighted by Crippen LogP contribution is -1.90. The molecule has 7 heteroatoms.